The minimum atomic E-state index is 0.133. The first-order valence-electron chi connectivity index (χ1n) is 6.07. The van der Waals surface area contributed by atoms with E-state index in [-0.39, 0.29) is 6.04 Å². The fraction of sp³-hybridized carbons (Fsp3) is 0.357. The molecule has 0 saturated carbocycles. The molecule has 3 rings (SSSR count). The molecule has 1 heterocycles. The molecule has 1 atom stereocenters. The van der Waals surface area contributed by atoms with Gasteiger partial charge in [-0.1, -0.05) is 12.2 Å². The Bertz CT molecular complexity index is 641. The van der Waals surface area contributed by atoms with E-state index in [0.717, 1.165) is 13.0 Å². The molecule has 2 aliphatic carbocycles. The maximum absolute atomic E-state index is 5.85. The summed E-state index contributed by atoms with van der Waals surface area (Å²) in [4.78, 5) is 0. The first kappa shape index (κ1) is 10.5. The van der Waals surface area contributed by atoms with Gasteiger partial charge >= 0.3 is 0 Å². The molecule has 0 unspecified atom stereocenters. The third-order valence-corrected chi connectivity index (χ3v) is 3.39. The second-order valence-corrected chi connectivity index (χ2v) is 4.93. The highest BCUT2D eigenvalue weighted by Crippen LogP contribution is 2.27. The molecule has 1 aromatic rings. The van der Waals surface area contributed by atoms with Crippen LogP contribution in [0.1, 0.15) is 20.3 Å². The molecule has 0 fully saturated rings. The topological polar surface area (TPSA) is 43.8 Å². The van der Waals surface area contributed by atoms with Gasteiger partial charge in [0, 0.05) is 11.3 Å². The molecule has 17 heavy (non-hydrogen) atoms. The first-order valence-corrected chi connectivity index (χ1v) is 6.07. The lowest BCUT2D eigenvalue weighted by molar-refractivity contribution is 0.527. The van der Waals surface area contributed by atoms with Gasteiger partial charge in [0.25, 0.3) is 0 Å². The van der Waals surface area contributed by atoms with Crippen LogP contribution in [0.4, 0.5) is 0 Å². The average Bonchev–Trinajstić information content (AvgIpc) is 2.80. The molecule has 3 heteroatoms. The van der Waals surface area contributed by atoms with E-state index in [0.29, 0.717) is 0 Å². The summed E-state index contributed by atoms with van der Waals surface area (Å²) < 4.78 is 2.02. The smallest absolute Gasteiger partial charge is 0.0692 e. The number of aromatic nitrogens is 2. The standard InChI is InChI=1S/C14H17N3/c1-9-4-3-5-11-12(9)6-14-13(11)7-16-17(14)8-10(2)15/h3-4,6-7,10H,5,8,15H2,1-2H3/t10-/m1/s1. The normalized spacial score (nSPS) is 19.1. The number of hydrogen-bond acceptors (Lipinski definition) is 2. The maximum atomic E-state index is 5.85. The molecule has 0 spiro atoms. The number of rotatable bonds is 2. The predicted molar refractivity (Wildman–Crippen MR) is 69.5 cm³/mol. The van der Waals surface area contributed by atoms with Crippen molar-refractivity contribution < 1.29 is 0 Å². The molecule has 0 aliphatic heterocycles. The average molecular weight is 227 g/mol. The van der Waals surface area contributed by atoms with E-state index < -0.39 is 0 Å². The summed E-state index contributed by atoms with van der Waals surface area (Å²) in [5.41, 5.74) is 9.97. The van der Waals surface area contributed by atoms with Gasteiger partial charge in [0.05, 0.1) is 18.1 Å². The second-order valence-electron chi connectivity index (χ2n) is 4.93. The molecule has 2 N–H and O–H groups in total. The van der Waals surface area contributed by atoms with Gasteiger partial charge in [0.2, 0.25) is 0 Å². The molecule has 0 bridgehead atoms. The largest absolute Gasteiger partial charge is 0.326 e. The molecule has 3 nitrogen and oxygen atoms in total. The van der Waals surface area contributed by atoms with Crippen molar-refractivity contribution in [2.45, 2.75) is 32.9 Å². The molecule has 0 radical (unpaired) electrons. The van der Waals surface area contributed by atoms with E-state index in [9.17, 15) is 0 Å². The number of allylic oxidation sites excluding steroid dienone is 4. The van der Waals surface area contributed by atoms with Crippen LogP contribution in [0.5, 0.6) is 0 Å². The van der Waals surface area contributed by atoms with E-state index >= 15 is 0 Å². The van der Waals surface area contributed by atoms with Gasteiger partial charge < -0.3 is 5.73 Å². The van der Waals surface area contributed by atoms with Gasteiger partial charge in [0.1, 0.15) is 0 Å². The van der Waals surface area contributed by atoms with Crippen LogP contribution in [0.2, 0.25) is 0 Å². The molecular formula is C14H17N3. The summed E-state index contributed by atoms with van der Waals surface area (Å²) in [7, 11) is 0. The van der Waals surface area contributed by atoms with Crippen molar-refractivity contribution in [1.29, 1.82) is 0 Å². The number of nitrogens with two attached hydrogens (primary N) is 1. The molecule has 0 saturated heterocycles. The van der Waals surface area contributed by atoms with Crippen molar-refractivity contribution in [3.8, 4) is 0 Å². The third-order valence-electron chi connectivity index (χ3n) is 3.39. The van der Waals surface area contributed by atoms with Gasteiger partial charge in [-0.15, -0.1) is 0 Å². The van der Waals surface area contributed by atoms with Crippen LogP contribution in [0.25, 0.3) is 11.6 Å². The van der Waals surface area contributed by atoms with E-state index in [4.69, 9.17) is 5.73 Å². The highest BCUT2D eigenvalue weighted by atomic mass is 15.3. The van der Waals surface area contributed by atoms with Crippen LogP contribution in [-0.2, 0) is 6.54 Å². The van der Waals surface area contributed by atoms with Gasteiger partial charge in [-0.05, 0) is 43.1 Å². The van der Waals surface area contributed by atoms with Crippen molar-refractivity contribution in [1.82, 2.24) is 9.78 Å². The third kappa shape index (κ3) is 1.58. The summed E-state index contributed by atoms with van der Waals surface area (Å²) >= 11 is 0. The van der Waals surface area contributed by atoms with Crippen LogP contribution in [-0.4, -0.2) is 15.8 Å². The lowest BCUT2D eigenvalue weighted by Crippen LogP contribution is -2.33. The van der Waals surface area contributed by atoms with E-state index in [1.807, 2.05) is 17.8 Å². The Morgan fingerprint density at radius 1 is 1.53 bits per heavy atom. The summed E-state index contributed by atoms with van der Waals surface area (Å²) in [6.45, 7) is 4.95. The van der Waals surface area contributed by atoms with E-state index in [1.54, 1.807) is 0 Å². The summed E-state index contributed by atoms with van der Waals surface area (Å²) in [6, 6.07) is 0.133. The van der Waals surface area contributed by atoms with Gasteiger partial charge in [-0.25, -0.2) is 0 Å². The van der Waals surface area contributed by atoms with Crippen LogP contribution in [0.15, 0.2) is 29.5 Å². The van der Waals surface area contributed by atoms with Gasteiger partial charge in [0.15, 0.2) is 0 Å². The minimum absolute atomic E-state index is 0.133. The van der Waals surface area contributed by atoms with Crippen molar-refractivity contribution in [2.75, 3.05) is 0 Å². The Morgan fingerprint density at radius 2 is 2.35 bits per heavy atom. The quantitative estimate of drug-likeness (QED) is 0.797. The van der Waals surface area contributed by atoms with E-state index in [2.05, 4.69) is 30.3 Å². The zero-order valence-electron chi connectivity index (χ0n) is 10.3. The van der Waals surface area contributed by atoms with Crippen LogP contribution < -0.4 is 16.3 Å². The predicted octanol–water partition coefficient (Wildman–Crippen LogP) is 0.451. The first-order chi connectivity index (χ1) is 8.16. The SMILES string of the molecule is CC1=C2C=c3c(cnn3C[C@@H](C)N)=C2CC=C1. The molecular weight excluding hydrogens is 210 g/mol. The molecule has 0 aromatic carbocycles. The zero-order valence-corrected chi connectivity index (χ0v) is 10.3. The van der Waals surface area contributed by atoms with E-state index in [1.165, 1.54) is 27.3 Å². The number of fused-ring (bicyclic) bond motifs is 2. The summed E-state index contributed by atoms with van der Waals surface area (Å²) in [5, 5.41) is 6.93. The molecule has 1 aromatic heterocycles. The fourth-order valence-electron chi connectivity index (χ4n) is 2.58. The summed E-state index contributed by atoms with van der Waals surface area (Å²) in [6.07, 6.45) is 9.66. The Balaban J connectivity index is 2.20. The second kappa shape index (κ2) is 3.70. The lowest BCUT2D eigenvalue weighted by atomic mass is 9.95. The molecule has 88 valence electrons. The Kier molecular flexibility index (Phi) is 2.30. The molecule has 2 aliphatic rings. The van der Waals surface area contributed by atoms with Crippen molar-refractivity contribution in [2.24, 2.45) is 5.73 Å². The number of hydrogen-bond donors (Lipinski definition) is 1. The van der Waals surface area contributed by atoms with Crippen molar-refractivity contribution in [3.05, 3.63) is 40.1 Å². The van der Waals surface area contributed by atoms with Crippen molar-refractivity contribution in [3.63, 3.8) is 0 Å². The van der Waals surface area contributed by atoms with Crippen LogP contribution in [0.3, 0.4) is 0 Å². The Morgan fingerprint density at radius 3 is 3.12 bits per heavy atom. The Hall–Kier alpha value is -1.61. The van der Waals surface area contributed by atoms with Gasteiger partial charge in [-0.3, -0.25) is 4.68 Å². The van der Waals surface area contributed by atoms with Crippen LogP contribution >= 0.6 is 0 Å². The highest BCUT2D eigenvalue weighted by molar-refractivity contribution is 5.85. The zero-order chi connectivity index (χ0) is 12.0. The van der Waals surface area contributed by atoms with Crippen molar-refractivity contribution >= 4 is 11.6 Å². The summed E-state index contributed by atoms with van der Waals surface area (Å²) in [5.74, 6) is 0. The monoisotopic (exact) mass is 227 g/mol. The van der Waals surface area contributed by atoms with Crippen LogP contribution in [0, 0.1) is 0 Å². The fourth-order valence-corrected chi connectivity index (χ4v) is 2.58. The minimum Gasteiger partial charge on any atom is -0.326 e. The number of nitrogens with zero attached hydrogens (tertiary/aromatic N) is 2. The Labute approximate surface area is 101 Å². The maximum Gasteiger partial charge on any atom is 0.0692 e. The lowest BCUT2D eigenvalue weighted by Gasteiger charge is -2.10. The highest BCUT2D eigenvalue weighted by Gasteiger charge is 2.17. The van der Waals surface area contributed by atoms with Gasteiger partial charge in [-0.2, -0.15) is 5.10 Å². The molecule has 0 amide bonds.